The van der Waals surface area contributed by atoms with Gasteiger partial charge in [0, 0.05) is 45.7 Å². The summed E-state index contributed by atoms with van der Waals surface area (Å²) in [7, 11) is -11.2. The van der Waals surface area contributed by atoms with E-state index in [1.807, 2.05) is 52.0 Å². The normalized spacial score (nSPS) is 10.5. The number of ether oxygens (including phenoxy) is 5. The fraction of sp³-hybridized carbons (Fsp3) is 0.340. The van der Waals surface area contributed by atoms with Crippen molar-refractivity contribution in [3.63, 3.8) is 0 Å². The molecule has 0 radical (unpaired) electrons. The fourth-order valence-corrected chi connectivity index (χ4v) is 11.7. The molecular weight excluding hydrogens is 1990 g/mol. The first-order valence-electron chi connectivity index (χ1n) is 42.4. The molecule has 6 rings (SSSR count). The maximum atomic E-state index is 11.9. The summed E-state index contributed by atoms with van der Waals surface area (Å²) in [5.41, 5.74) is 15.8. The quantitative estimate of drug-likeness (QED) is 0.00423. The number of anilines is 1. The van der Waals surface area contributed by atoms with Crippen molar-refractivity contribution in [1.29, 1.82) is 0 Å². The molecule has 46 heteroatoms. The molecule has 0 saturated heterocycles. The van der Waals surface area contributed by atoms with E-state index in [4.69, 9.17) is 74.2 Å². The van der Waals surface area contributed by atoms with Crippen LogP contribution < -0.4 is 34.2 Å². The molecule has 13 N–H and O–H groups in total. The second kappa shape index (κ2) is 71.6. The predicted molar refractivity (Wildman–Crippen MR) is 535 cm³/mol. The average molecular weight is 2130 g/mol. The number of esters is 5. The van der Waals surface area contributed by atoms with Gasteiger partial charge in [-0.05, 0) is 165 Å². The molecule has 0 atom stereocenters. The van der Waals surface area contributed by atoms with E-state index in [-0.39, 0.29) is 131 Å². The van der Waals surface area contributed by atoms with Gasteiger partial charge in [0.05, 0.1) is 84.8 Å². The summed E-state index contributed by atoms with van der Waals surface area (Å²) in [4.78, 5) is 177. The molecule has 794 valence electrons. The number of aliphatic carboxylic acids is 4. The molecule has 0 unspecified atom stereocenters. The number of carboxylic acid groups (broad SMARTS) is 5. The van der Waals surface area contributed by atoms with Gasteiger partial charge in [-0.1, -0.05) is 184 Å². The van der Waals surface area contributed by atoms with Crippen molar-refractivity contribution in [2.45, 2.75) is 103 Å². The fourth-order valence-electron chi connectivity index (χ4n) is 10.4. The van der Waals surface area contributed by atoms with Crippen molar-refractivity contribution in [2.75, 3.05) is 125 Å². The molecule has 0 aliphatic heterocycles. The Bertz CT molecular complexity index is 5150. The third kappa shape index (κ3) is 73.0. The van der Waals surface area contributed by atoms with Crippen LogP contribution in [0.3, 0.4) is 0 Å². The predicted octanol–water partition coefficient (Wildman–Crippen LogP) is 8.91. The van der Waals surface area contributed by atoms with Gasteiger partial charge >= 0.3 is 91.0 Å². The molecule has 0 aromatic heterocycles. The second-order valence-corrected chi connectivity index (χ2v) is 36.7. The lowest BCUT2D eigenvalue weighted by atomic mass is 10.1. The number of rotatable bonds is 46. The molecule has 0 heterocycles. The maximum Gasteiger partial charge on any atom is 0.524 e. The molecule has 0 aliphatic rings. The Kier molecular flexibility index (Phi) is 70.0. The lowest BCUT2D eigenvalue weighted by Crippen LogP contribution is -3.00. The summed E-state index contributed by atoms with van der Waals surface area (Å²) in [5, 5.41) is 43.8. The number of carbonyl (C=O) groups is 10. The van der Waals surface area contributed by atoms with Crippen molar-refractivity contribution in [3.05, 3.63) is 283 Å². The van der Waals surface area contributed by atoms with Gasteiger partial charge in [-0.2, -0.15) is 0 Å². The third-order valence-electron chi connectivity index (χ3n) is 17.6. The van der Waals surface area contributed by atoms with E-state index in [1.165, 1.54) is 115 Å². The molecule has 0 aliphatic carbocycles. The Morgan fingerprint density at radius 3 is 0.804 bits per heavy atom. The Balaban J connectivity index is -0.000000504. The number of aromatic carboxylic acids is 1. The standard InChI is InChI=1S/C17H19NO8.C16H26N.C14H17NO4.C13H20N.C10H10O2.C9H11O4P.3C6H11O6P.2ClH/c1-11(2)16(23)25-7-8-26-17(24)12-3-5-13(6-4-12)18(9-14(19)20)10-15(21)22;1-6-17(7-2,8-3)13-15-9-11-16(12-10-15)14(4)5;1-10(2)12-5-3-11(4-6-12)7-15(8-13(16)17)9-14(18)19;1-11(2)13-8-6-12(7-9-13)10-14(3,4)5;1-7(2)8-3-5-9(6-4-8)10(11)12;1-7(2)8-3-5-9(6-4-8)13-14(10,11)12;3*1-5(2)6(7)11-3-4-12-13(8,9)10;;/h3-6H,1,7-10H2,2H3,(H,19,20)(H,21,22);9-12H,4,6-8,13H2,1-3,5H3;3-6H,1,7-9H2,2H3,(H,16,17)(H,18,19);6-9H,1,10H2,2-5H3;3-6H,1H2,2H3,(H,11,12);3-6H,1H2,2H3,(H2,10,11,12);3*1,3-4H2,2H3,(H2,8,9,10);2*1H/q;+1;;+1;;;;;;;/p-2. The Morgan fingerprint density at radius 2 is 0.559 bits per heavy atom. The number of allylic oxidation sites excluding steroid dienone is 5. The van der Waals surface area contributed by atoms with E-state index in [9.17, 15) is 66.2 Å². The van der Waals surface area contributed by atoms with Crippen LogP contribution in [0.2, 0.25) is 0 Å². The van der Waals surface area contributed by atoms with E-state index in [0.29, 0.717) is 11.3 Å². The second-order valence-electron chi connectivity index (χ2n) is 31.8. The number of hydrogen-bond donors (Lipinski definition) is 13. The first-order chi connectivity index (χ1) is 65.0. The Labute approximate surface area is 847 Å². The highest BCUT2D eigenvalue weighted by Crippen LogP contribution is 2.39. The summed E-state index contributed by atoms with van der Waals surface area (Å²) in [6, 6.07) is 43.6. The number of phosphoric ester groups is 4. The number of hydrogen-bond acceptors (Lipinski definition) is 25. The number of nitrogens with zero attached hydrogens (tertiary/aromatic N) is 4. The lowest BCUT2D eigenvalue weighted by molar-refractivity contribution is -0.936. The lowest BCUT2D eigenvalue weighted by Gasteiger charge is -2.35. The van der Waals surface area contributed by atoms with Gasteiger partial charge in [-0.15, -0.1) is 0 Å². The van der Waals surface area contributed by atoms with Crippen LogP contribution in [-0.2, 0) is 114 Å². The van der Waals surface area contributed by atoms with Gasteiger partial charge in [0.25, 0.3) is 0 Å². The van der Waals surface area contributed by atoms with Crippen molar-refractivity contribution in [2.24, 2.45) is 0 Å². The van der Waals surface area contributed by atoms with Crippen molar-refractivity contribution in [3.8, 4) is 5.75 Å². The third-order valence-corrected chi connectivity index (χ3v) is 19.6. The van der Waals surface area contributed by atoms with Gasteiger partial charge in [0.15, 0.2) is 0 Å². The molecule has 0 spiro atoms. The minimum Gasteiger partial charge on any atom is -1.00 e. The van der Waals surface area contributed by atoms with Crippen LogP contribution in [0.4, 0.5) is 5.69 Å². The molecule has 0 amide bonds. The van der Waals surface area contributed by atoms with Crippen LogP contribution in [0.1, 0.15) is 148 Å². The summed E-state index contributed by atoms with van der Waals surface area (Å²) in [5.74, 6) is -8.30. The molecular formula is C97H136Cl2N4O36P4. The van der Waals surface area contributed by atoms with Gasteiger partial charge in [-0.25, -0.2) is 47.0 Å². The van der Waals surface area contributed by atoms with Crippen LogP contribution in [0.25, 0.3) is 27.9 Å². The van der Waals surface area contributed by atoms with E-state index >= 15 is 0 Å². The molecule has 143 heavy (non-hydrogen) atoms. The first-order valence-corrected chi connectivity index (χ1v) is 48.6. The molecule has 6 aromatic rings. The topological polar surface area (TPSA) is 592 Å². The zero-order chi connectivity index (χ0) is 109. The van der Waals surface area contributed by atoms with Gasteiger partial charge in [0.2, 0.25) is 0 Å². The number of carboxylic acids is 5. The van der Waals surface area contributed by atoms with Crippen LogP contribution in [0.5, 0.6) is 5.75 Å². The van der Waals surface area contributed by atoms with Gasteiger partial charge < -0.3 is 122 Å². The van der Waals surface area contributed by atoms with Crippen LogP contribution in [0, 0.1) is 0 Å². The monoisotopic (exact) mass is 2130 g/mol. The highest BCUT2D eigenvalue weighted by molar-refractivity contribution is 7.47. The number of quaternary nitrogens is 2. The summed E-state index contributed by atoms with van der Waals surface area (Å²) in [6.45, 7) is 57.6. The molecule has 6 aromatic carbocycles. The van der Waals surface area contributed by atoms with Crippen molar-refractivity contribution < 1.29 is 206 Å². The Morgan fingerprint density at radius 1 is 0.315 bits per heavy atom. The van der Waals surface area contributed by atoms with Gasteiger partial charge in [0.1, 0.15) is 65.0 Å². The summed E-state index contributed by atoms with van der Waals surface area (Å²) < 4.78 is 82.6. The van der Waals surface area contributed by atoms with Crippen molar-refractivity contribution >= 4 is 125 Å². The largest absolute Gasteiger partial charge is 1.00 e. The van der Waals surface area contributed by atoms with Crippen LogP contribution in [-0.4, -0.2) is 258 Å². The molecule has 40 nitrogen and oxygen atoms in total. The van der Waals surface area contributed by atoms with E-state index in [1.54, 1.807) is 36.4 Å². The van der Waals surface area contributed by atoms with Crippen molar-refractivity contribution in [1.82, 2.24) is 4.90 Å². The highest BCUT2D eigenvalue weighted by Gasteiger charge is 2.24. The minimum atomic E-state index is -4.46. The number of phosphoric acid groups is 4. The van der Waals surface area contributed by atoms with Crippen LogP contribution >= 0.6 is 31.3 Å². The number of benzene rings is 6. The zero-order valence-corrected chi connectivity index (χ0v) is 88.1. The number of carbonyl (C=O) groups excluding carboxylic acids is 5. The zero-order valence-electron chi connectivity index (χ0n) is 83.0. The average Bonchev–Trinajstić information content (AvgIpc) is 0.845. The van der Waals surface area contributed by atoms with E-state index in [0.717, 1.165) is 72.6 Å². The molecule has 0 fully saturated rings. The SMILES string of the molecule is C=C(C)C(=O)OCCOC(=O)c1ccc(N(CC(=O)O)CC(=O)O)cc1.C=C(C)C(=O)OCCOP(=O)(O)O.C=C(C)C(=O)OCCOP(=O)(O)O.C=C(C)C(=O)OCCOP(=O)(O)O.C=C(C)c1ccc(C(=O)O)cc1.C=C(C)c1ccc(CN(CC(=O)O)CC(=O)O)cc1.C=C(C)c1ccc(C[N+](C)(C)C)cc1.C=C(C)c1ccc(C[N+](CC)(CC)CC)cc1.C=C(C)c1ccc(OP(=O)(O)O)cc1.[Cl-].[Cl-]. The smallest absolute Gasteiger partial charge is 0.524 e. The minimum absolute atomic E-state index is 0. The van der Waals surface area contributed by atoms with Crippen LogP contribution in [0.15, 0.2) is 227 Å². The highest BCUT2D eigenvalue weighted by atomic mass is 35.5. The summed E-state index contributed by atoms with van der Waals surface area (Å²) >= 11 is 0. The maximum absolute atomic E-state index is 11.9. The molecule has 0 saturated carbocycles. The van der Waals surface area contributed by atoms with E-state index in [2.05, 4.69) is 189 Å². The summed E-state index contributed by atoms with van der Waals surface area (Å²) in [6.07, 6.45) is 0. The first kappa shape index (κ1) is 140. The van der Waals surface area contributed by atoms with Gasteiger partial charge in [-0.3, -0.25) is 47.4 Å². The Hall–Kier alpha value is -11.8. The van der Waals surface area contributed by atoms with E-state index < -0.39 is 104 Å². The molecule has 0 bridgehead atoms. The number of halogens is 2.